The molecule has 0 amide bonds. The fourth-order valence-electron chi connectivity index (χ4n) is 0.858. The van der Waals surface area contributed by atoms with Crippen LogP contribution in [-0.2, 0) is 9.53 Å². The minimum absolute atomic E-state index is 0.220. The first-order chi connectivity index (χ1) is 6.63. The van der Waals surface area contributed by atoms with Crippen molar-refractivity contribution in [2.75, 3.05) is 6.61 Å². The highest BCUT2D eigenvalue weighted by Gasteiger charge is 1.86. The van der Waals surface area contributed by atoms with Crippen molar-refractivity contribution in [3.05, 3.63) is 11.6 Å². The van der Waals surface area contributed by atoms with Gasteiger partial charge in [-0.25, -0.2) is 0 Å². The largest absolute Gasteiger partial charge is 0.453 e. The Labute approximate surface area is 86.3 Å². The summed E-state index contributed by atoms with van der Waals surface area (Å²) in [6, 6.07) is 0. The maximum Gasteiger partial charge on any atom is 0.303 e. The molecule has 0 saturated heterocycles. The van der Waals surface area contributed by atoms with Crippen LogP contribution >= 0.6 is 0 Å². The average Bonchev–Trinajstić information content (AvgIpc) is 2.08. The summed E-state index contributed by atoms with van der Waals surface area (Å²) in [6.45, 7) is 5.78. The zero-order valence-corrected chi connectivity index (χ0v) is 9.22. The highest BCUT2D eigenvalue weighted by atomic mass is 16.5. The van der Waals surface area contributed by atoms with Crippen LogP contribution in [0.15, 0.2) is 11.6 Å². The molecule has 0 aliphatic rings. The summed E-state index contributed by atoms with van der Waals surface area (Å²) >= 11 is 0. The molecule has 0 aliphatic heterocycles. The second-order valence-corrected chi connectivity index (χ2v) is 3.31. The summed E-state index contributed by atoms with van der Waals surface area (Å²) in [4.78, 5) is 10.4. The van der Waals surface area contributed by atoms with E-state index in [1.165, 1.54) is 12.5 Å². The summed E-state index contributed by atoms with van der Waals surface area (Å²) in [5.74, 6) is 5.47. The van der Waals surface area contributed by atoms with Gasteiger partial charge in [-0.3, -0.25) is 4.79 Å². The fourth-order valence-corrected chi connectivity index (χ4v) is 0.858. The third-order valence-corrected chi connectivity index (χ3v) is 1.53. The van der Waals surface area contributed by atoms with Crippen molar-refractivity contribution in [2.45, 2.75) is 40.0 Å². The number of unbranched alkanes of at least 4 members (excludes halogenated alkanes) is 2. The van der Waals surface area contributed by atoms with Gasteiger partial charge < -0.3 is 4.74 Å². The number of rotatable bonds is 4. The van der Waals surface area contributed by atoms with Gasteiger partial charge in [0.1, 0.15) is 0 Å². The van der Waals surface area contributed by atoms with Gasteiger partial charge in [0.15, 0.2) is 6.61 Å². The van der Waals surface area contributed by atoms with E-state index in [1.54, 1.807) is 0 Å². The molecule has 78 valence electrons. The van der Waals surface area contributed by atoms with Crippen LogP contribution in [0, 0.1) is 11.8 Å². The molecule has 0 aromatic carbocycles. The van der Waals surface area contributed by atoms with Gasteiger partial charge in [-0.05, 0) is 26.7 Å². The van der Waals surface area contributed by atoms with E-state index < -0.39 is 0 Å². The highest BCUT2D eigenvalue weighted by molar-refractivity contribution is 5.66. The molecule has 2 nitrogen and oxygen atoms in total. The van der Waals surface area contributed by atoms with Gasteiger partial charge in [-0.1, -0.05) is 23.5 Å². The standard InChI is InChI=1S/C12H18O2/c1-11(2)9-7-5-4-6-8-10-14-12(3)13/h9H,4-5,7,10H2,1-3H3. The average molecular weight is 194 g/mol. The van der Waals surface area contributed by atoms with E-state index in [1.807, 2.05) is 0 Å². The molecule has 0 unspecified atom stereocenters. The van der Waals surface area contributed by atoms with Gasteiger partial charge in [-0.15, -0.1) is 0 Å². The van der Waals surface area contributed by atoms with Gasteiger partial charge in [0.2, 0.25) is 0 Å². The van der Waals surface area contributed by atoms with E-state index in [-0.39, 0.29) is 12.6 Å². The van der Waals surface area contributed by atoms with Crippen molar-refractivity contribution in [1.82, 2.24) is 0 Å². The van der Waals surface area contributed by atoms with Crippen molar-refractivity contribution in [3.63, 3.8) is 0 Å². The SMILES string of the molecule is CC(=O)OCC#CCCCC=C(C)C. The number of esters is 1. The first-order valence-electron chi connectivity index (χ1n) is 4.85. The topological polar surface area (TPSA) is 26.3 Å². The van der Waals surface area contributed by atoms with E-state index in [0.717, 1.165) is 19.3 Å². The van der Waals surface area contributed by atoms with Crippen LogP contribution in [0.1, 0.15) is 40.0 Å². The fraction of sp³-hybridized carbons (Fsp3) is 0.583. The molecule has 0 radical (unpaired) electrons. The maximum atomic E-state index is 10.4. The zero-order chi connectivity index (χ0) is 10.8. The van der Waals surface area contributed by atoms with Crippen LogP contribution in [0.2, 0.25) is 0 Å². The van der Waals surface area contributed by atoms with Gasteiger partial charge in [0, 0.05) is 13.3 Å². The van der Waals surface area contributed by atoms with Crippen LogP contribution in [0.4, 0.5) is 0 Å². The Morgan fingerprint density at radius 2 is 2.00 bits per heavy atom. The van der Waals surface area contributed by atoms with Crippen molar-refractivity contribution in [3.8, 4) is 11.8 Å². The Morgan fingerprint density at radius 1 is 1.29 bits per heavy atom. The predicted molar refractivity (Wildman–Crippen MR) is 57.7 cm³/mol. The molecule has 0 spiro atoms. The monoisotopic (exact) mass is 194 g/mol. The predicted octanol–water partition coefficient (Wildman–Crippen LogP) is 2.69. The van der Waals surface area contributed by atoms with Crippen LogP contribution in [-0.4, -0.2) is 12.6 Å². The molecule has 0 N–H and O–H groups in total. The molecule has 0 fully saturated rings. The van der Waals surface area contributed by atoms with Crippen LogP contribution in [0.5, 0.6) is 0 Å². The first kappa shape index (κ1) is 12.8. The number of hydrogen-bond donors (Lipinski definition) is 0. The Hall–Kier alpha value is -1.23. The highest BCUT2D eigenvalue weighted by Crippen LogP contribution is 1.99. The van der Waals surface area contributed by atoms with Crippen LogP contribution in [0.3, 0.4) is 0 Å². The second kappa shape index (κ2) is 8.37. The molecular formula is C12H18O2. The van der Waals surface area contributed by atoms with E-state index in [9.17, 15) is 4.79 Å². The molecule has 0 bridgehead atoms. The minimum Gasteiger partial charge on any atom is -0.453 e. The second-order valence-electron chi connectivity index (χ2n) is 3.31. The summed E-state index contributed by atoms with van der Waals surface area (Å²) in [5, 5.41) is 0. The Kier molecular flexibility index (Phi) is 7.64. The van der Waals surface area contributed by atoms with E-state index >= 15 is 0 Å². The van der Waals surface area contributed by atoms with Gasteiger partial charge in [0.25, 0.3) is 0 Å². The third-order valence-electron chi connectivity index (χ3n) is 1.53. The third kappa shape index (κ3) is 10.8. The normalized spacial score (nSPS) is 8.50. The molecule has 0 aromatic heterocycles. The molecule has 0 aromatic rings. The van der Waals surface area contributed by atoms with Gasteiger partial charge in [-0.2, -0.15) is 0 Å². The summed E-state index contributed by atoms with van der Waals surface area (Å²) in [6.07, 6.45) is 5.21. The quantitative estimate of drug-likeness (QED) is 0.298. The van der Waals surface area contributed by atoms with Crippen molar-refractivity contribution < 1.29 is 9.53 Å². The molecule has 0 aliphatic carbocycles. The summed E-state index contributed by atoms with van der Waals surface area (Å²) in [5.41, 5.74) is 1.35. The zero-order valence-electron chi connectivity index (χ0n) is 9.22. The number of hydrogen-bond acceptors (Lipinski definition) is 2. The Morgan fingerprint density at radius 3 is 2.57 bits per heavy atom. The van der Waals surface area contributed by atoms with Crippen molar-refractivity contribution in [1.29, 1.82) is 0 Å². The molecule has 0 atom stereocenters. The van der Waals surface area contributed by atoms with Crippen molar-refractivity contribution >= 4 is 5.97 Å². The number of carbonyl (C=O) groups excluding carboxylic acids is 1. The van der Waals surface area contributed by atoms with E-state index in [4.69, 9.17) is 0 Å². The van der Waals surface area contributed by atoms with E-state index in [0.29, 0.717) is 0 Å². The maximum absolute atomic E-state index is 10.4. The number of ether oxygens (including phenoxy) is 1. The van der Waals surface area contributed by atoms with Crippen LogP contribution < -0.4 is 0 Å². The molecule has 0 rings (SSSR count). The Bertz CT molecular complexity index is 249. The summed E-state index contributed by atoms with van der Waals surface area (Å²) < 4.78 is 4.66. The number of allylic oxidation sites excluding steroid dienone is 2. The first-order valence-corrected chi connectivity index (χ1v) is 4.85. The Balaban J connectivity index is 3.35. The minimum atomic E-state index is -0.274. The van der Waals surface area contributed by atoms with Crippen LogP contribution in [0.25, 0.3) is 0 Å². The lowest BCUT2D eigenvalue weighted by Gasteiger charge is -1.92. The van der Waals surface area contributed by atoms with Crippen molar-refractivity contribution in [2.24, 2.45) is 0 Å². The number of carbonyl (C=O) groups is 1. The van der Waals surface area contributed by atoms with E-state index in [2.05, 4.69) is 36.5 Å². The van der Waals surface area contributed by atoms with Gasteiger partial charge in [0.05, 0.1) is 0 Å². The molecule has 2 heteroatoms. The molecule has 14 heavy (non-hydrogen) atoms. The molecule has 0 heterocycles. The van der Waals surface area contributed by atoms with Gasteiger partial charge >= 0.3 is 5.97 Å². The lowest BCUT2D eigenvalue weighted by Crippen LogP contribution is -1.97. The lowest BCUT2D eigenvalue weighted by molar-refractivity contribution is -0.139. The summed E-state index contributed by atoms with van der Waals surface area (Å²) in [7, 11) is 0. The molecule has 0 saturated carbocycles. The lowest BCUT2D eigenvalue weighted by atomic mass is 10.2. The smallest absolute Gasteiger partial charge is 0.303 e. The molecular weight excluding hydrogens is 176 g/mol.